The molecule has 0 spiro atoms. The first kappa shape index (κ1) is 23.0. The van der Waals surface area contributed by atoms with Crippen molar-refractivity contribution in [1.82, 2.24) is 5.32 Å². The smallest absolute Gasteiger partial charge is 0.253 e. The van der Waals surface area contributed by atoms with Crippen molar-refractivity contribution in [3.63, 3.8) is 0 Å². The van der Waals surface area contributed by atoms with E-state index in [0.29, 0.717) is 26.3 Å². The van der Waals surface area contributed by atoms with Crippen LogP contribution in [0.15, 0.2) is 36.4 Å². The number of benzene rings is 2. The summed E-state index contributed by atoms with van der Waals surface area (Å²) >= 11 is 31.4. The summed E-state index contributed by atoms with van der Waals surface area (Å²) in [6, 6.07) is 10.3. The third-order valence-corrected chi connectivity index (χ3v) is 8.35. The van der Waals surface area contributed by atoms with Crippen molar-refractivity contribution in [2.75, 3.05) is 11.9 Å². The van der Waals surface area contributed by atoms with Gasteiger partial charge in [-0.05, 0) is 55.2 Å². The maximum absolute atomic E-state index is 12.5. The number of hydrogen-bond donors (Lipinski definition) is 2. The van der Waals surface area contributed by atoms with Crippen LogP contribution in [0.4, 0.5) is 5.69 Å². The molecular formula is C22H19Cl5N2O2. The zero-order valence-electron chi connectivity index (χ0n) is 16.2. The van der Waals surface area contributed by atoms with E-state index in [0.717, 1.165) is 31.1 Å². The first-order valence-corrected chi connectivity index (χ1v) is 11.7. The Kier molecular flexibility index (Phi) is 6.41. The molecule has 0 saturated heterocycles. The fourth-order valence-corrected chi connectivity index (χ4v) is 5.44. The Bertz CT molecular complexity index is 1040. The number of rotatable bonds is 7. The highest BCUT2D eigenvalue weighted by molar-refractivity contribution is 6.54. The molecule has 2 N–H and O–H groups in total. The lowest BCUT2D eigenvalue weighted by Gasteiger charge is -2.26. The molecule has 2 aromatic rings. The molecule has 0 heterocycles. The Balaban J connectivity index is 1.52. The van der Waals surface area contributed by atoms with Gasteiger partial charge in [-0.25, -0.2) is 0 Å². The molecule has 1 amide bonds. The average molecular weight is 521 g/mol. The van der Waals surface area contributed by atoms with E-state index >= 15 is 0 Å². The van der Waals surface area contributed by atoms with Crippen LogP contribution in [0.3, 0.4) is 0 Å². The molecule has 2 fully saturated rings. The number of carbonyl (C=O) groups is 2. The van der Waals surface area contributed by atoms with Gasteiger partial charge in [0, 0.05) is 24.2 Å². The maximum Gasteiger partial charge on any atom is 0.253 e. The number of hydrogen-bond acceptors (Lipinski definition) is 3. The molecule has 164 valence electrons. The van der Waals surface area contributed by atoms with Gasteiger partial charge in [0.25, 0.3) is 5.91 Å². The highest BCUT2D eigenvalue weighted by atomic mass is 35.5. The van der Waals surface area contributed by atoms with Crippen LogP contribution in [0.2, 0.25) is 15.1 Å². The van der Waals surface area contributed by atoms with Crippen LogP contribution in [-0.2, 0) is 4.79 Å². The summed E-state index contributed by atoms with van der Waals surface area (Å²) in [5.74, 6) is -0.677. The van der Waals surface area contributed by atoms with Gasteiger partial charge in [-0.1, -0.05) is 64.1 Å². The average Bonchev–Trinajstić information content (AvgIpc) is 3.21. The molecule has 2 atom stereocenters. The molecule has 31 heavy (non-hydrogen) atoms. The zero-order chi connectivity index (χ0) is 22.4. The van der Waals surface area contributed by atoms with Crippen molar-refractivity contribution in [3.8, 4) is 0 Å². The van der Waals surface area contributed by atoms with Gasteiger partial charge in [-0.2, -0.15) is 0 Å². The van der Waals surface area contributed by atoms with Crippen molar-refractivity contribution in [2.45, 2.75) is 35.6 Å². The molecule has 2 aromatic carbocycles. The van der Waals surface area contributed by atoms with E-state index in [1.807, 2.05) is 0 Å². The van der Waals surface area contributed by atoms with Gasteiger partial charge in [0.15, 0.2) is 0 Å². The van der Waals surface area contributed by atoms with Crippen LogP contribution in [0.25, 0.3) is 0 Å². The molecule has 2 aliphatic rings. The van der Waals surface area contributed by atoms with Crippen molar-refractivity contribution < 1.29 is 9.59 Å². The highest BCUT2D eigenvalue weighted by Gasteiger charge is 2.76. The lowest BCUT2D eigenvalue weighted by molar-refractivity contribution is -0.112. The van der Waals surface area contributed by atoms with Crippen LogP contribution in [0.1, 0.15) is 41.1 Å². The third kappa shape index (κ3) is 4.14. The van der Waals surface area contributed by atoms with Crippen molar-refractivity contribution >= 4 is 75.9 Å². The quantitative estimate of drug-likeness (QED) is 0.324. The van der Waals surface area contributed by atoms with Gasteiger partial charge >= 0.3 is 0 Å². The molecule has 9 heteroatoms. The minimum atomic E-state index is -1.31. The molecule has 4 rings (SSSR count). The number of halogens is 5. The molecule has 4 nitrogen and oxygen atoms in total. The summed E-state index contributed by atoms with van der Waals surface area (Å²) in [5, 5.41) is 7.29. The van der Waals surface area contributed by atoms with Gasteiger partial charge in [-0.3, -0.25) is 4.79 Å². The topological polar surface area (TPSA) is 58.2 Å². The number of amides is 1. The summed E-state index contributed by atoms with van der Waals surface area (Å²) in [7, 11) is 0. The monoisotopic (exact) mass is 518 g/mol. The lowest BCUT2D eigenvalue weighted by Crippen LogP contribution is -2.39. The number of aldehydes is 1. The van der Waals surface area contributed by atoms with Gasteiger partial charge in [0.2, 0.25) is 0 Å². The molecule has 0 aromatic heterocycles. The normalized spacial score (nSPS) is 24.2. The van der Waals surface area contributed by atoms with Crippen LogP contribution in [-0.4, -0.2) is 29.1 Å². The van der Waals surface area contributed by atoms with Crippen molar-refractivity contribution in [1.29, 1.82) is 0 Å². The van der Waals surface area contributed by atoms with Crippen molar-refractivity contribution in [3.05, 3.63) is 62.6 Å². The third-order valence-electron chi connectivity index (χ3n) is 6.14. The van der Waals surface area contributed by atoms with Crippen molar-refractivity contribution in [2.24, 2.45) is 5.41 Å². The van der Waals surface area contributed by atoms with Gasteiger partial charge in [-0.15, -0.1) is 0 Å². The van der Waals surface area contributed by atoms with E-state index in [9.17, 15) is 9.59 Å². The van der Waals surface area contributed by atoms with Crippen LogP contribution >= 0.6 is 58.0 Å². The van der Waals surface area contributed by atoms with E-state index in [1.165, 1.54) is 0 Å². The second kappa shape index (κ2) is 8.64. The molecule has 2 saturated carbocycles. The predicted octanol–water partition coefficient (Wildman–Crippen LogP) is 6.50. The second-order valence-corrected chi connectivity index (χ2v) is 10.6. The summed E-state index contributed by atoms with van der Waals surface area (Å²) in [5.41, 5.74) is 0.665. The first-order chi connectivity index (χ1) is 14.7. The van der Waals surface area contributed by atoms with Crippen LogP contribution < -0.4 is 10.6 Å². The standard InChI is InChI=1S/C22H19Cl5N2O2/c23-16-7-5-14(9-15(16)20(31)29-13-2-1-3-13)28-10-21(11-30)19(22(21,26)27)12-4-6-17(24)18(25)8-12/h4-9,11,13,19,28H,1-3,10H2,(H,29,31). The maximum atomic E-state index is 12.5. The second-order valence-electron chi connectivity index (χ2n) is 8.04. The lowest BCUT2D eigenvalue weighted by atomic mass is 9.93. The number of alkyl halides is 2. The summed E-state index contributed by atoms with van der Waals surface area (Å²) < 4.78 is -1.31. The van der Waals surface area contributed by atoms with Crippen LogP contribution in [0, 0.1) is 5.41 Å². The molecule has 2 unspecified atom stereocenters. The molecule has 0 radical (unpaired) electrons. The van der Waals surface area contributed by atoms with Gasteiger partial charge < -0.3 is 15.4 Å². The minimum absolute atomic E-state index is 0.166. The molecule has 2 aliphatic carbocycles. The SMILES string of the molecule is O=CC1(CNc2ccc(Cl)c(C(=O)NC3CCC3)c2)C(c2ccc(Cl)c(Cl)c2)C1(Cl)Cl. The summed E-state index contributed by atoms with van der Waals surface area (Å²) in [6.07, 6.45) is 3.85. The summed E-state index contributed by atoms with van der Waals surface area (Å²) in [6.45, 7) is 0.166. The number of nitrogens with one attached hydrogen (secondary N) is 2. The Morgan fingerprint density at radius 3 is 2.35 bits per heavy atom. The van der Waals surface area contributed by atoms with E-state index in [1.54, 1.807) is 36.4 Å². The summed E-state index contributed by atoms with van der Waals surface area (Å²) in [4.78, 5) is 24.6. The Morgan fingerprint density at radius 1 is 1.03 bits per heavy atom. The Labute approximate surface area is 205 Å². The zero-order valence-corrected chi connectivity index (χ0v) is 20.0. The fraction of sp³-hybridized carbons (Fsp3) is 0.364. The van der Waals surface area contributed by atoms with Gasteiger partial charge in [0.05, 0.1) is 26.0 Å². The highest BCUT2D eigenvalue weighted by Crippen LogP contribution is 2.73. The molecule has 0 bridgehead atoms. The number of carbonyl (C=O) groups excluding carboxylic acids is 2. The predicted molar refractivity (Wildman–Crippen MR) is 127 cm³/mol. The van der Waals surface area contributed by atoms with E-state index < -0.39 is 15.7 Å². The van der Waals surface area contributed by atoms with E-state index in [2.05, 4.69) is 10.6 Å². The van der Waals surface area contributed by atoms with Gasteiger partial charge in [0.1, 0.15) is 10.6 Å². The van der Waals surface area contributed by atoms with E-state index in [4.69, 9.17) is 58.0 Å². The minimum Gasteiger partial charge on any atom is -0.384 e. The Morgan fingerprint density at radius 2 is 1.74 bits per heavy atom. The Hall–Kier alpha value is -1.17. The first-order valence-electron chi connectivity index (χ1n) is 9.83. The molecule has 0 aliphatic heterocycles. The van der Waals surface area contributed by atoms with Crippen LogP contribution in [0.5, 0.6) is 0 Å². The fourth-order valence-electron chi connectivity index (χ4n) is 3.96. The molecular weight excluding hydrogens is 502 g/mol. The number of anilines is 1. The largest absolute Gasteiger partial charge is 0.384 e. The van der Waals surface area contributed by atoms with E-state index in [-0.39, 0.29) is 18.5 Å².